The Morgan fingerprint density at radius 2 is 1.38 bits per heavy atom. The summed E-state index contributed by atoms with van der Waals surface area (Å²) in [6.07, 6.45) is -4.61. The number of ether oxygens (including phenoxy) is 1. The Bertz CT molecular complexity index is 577. The Labute approximate surface area is 131 Å². The van der Waals surface area contributed by atoms with Gasteiger partial charge in [-0.15, -0.1) is 13.2 Å². The summed E-state index contributed by atoms with van der Waals surface area (Å²) in [4.78, 5) is 0. The minimum Gasteiger partial charge on any atom is -0.406 e. The zero-order valence-electron chi connectivity index (χ0n) is 11.3. The second-order valence-electron chi connectivity index (χ2n) is 4.16. The Morgan fingerprint density at radius 3 is 1.81 bits per heavy atom. The fraction of sp³-hybridized carbons (Fsp3) is 0.200. The molecule has 114 valence electrons. The normalized spacial score (nSPS) is 10.6. The smallest absolute Gasteiger partial charge is 0.406 e. The number of alkyl halides is 3. The highest BCUT2D eigenvalue weighted by molar-refractivity contribution is 6.35. The van der Waals surface area contributed by atoms with Crippen LogP contribution in [0.25, 0.3) is 0 Å². The molecule has 2 rings (SSSR count). The summed E-state index contributed by atoms with van der Waals surface area (Å²) in [5.74, 6) is -0.148. The molecule has 2 aromatic rings. The quantitative estimate of drug-likeness (QED) is 0.602. The minimum atomic E-state index is -4.61. The van der Waals surface area contributed by atoms with Crippen LogP contribution in [0.2, 0.25) is 10.0 Å². The van der Waals surface area contributed by atoms with Crippen molar-refractivity contribution in [1.82, 2.24) is 0 Å². The monoisotopic (exact) mass is 336 g/mol. The number of para-hydroxylation sites is 1. The highest BCUT2D eigenvalue weighted by Crippen LogP contribution is 2.25. The van der Waals surface area contributed by atoms with E-state index in [1.54, 1.807) is 19.1 Å². The molecule has 6 heteroatoms. The Hall–Kier alpha value is -1.39. The summed E-state index contributed by atoms with van der Waals surface area (Å²) in [5.41, 5.74) is 1.41. The molecule has 0 amide bonds. The largest absolute Gasteiger partial charge is 0.573 e. The van der Waals surface area contributed by atoms with Crippen molar-refractivity contribution in [2.75, 3.05) is 0 Å². The van der Waals surface area contributed by atoms with Gasteiger partial charge in [-0.25, -0.2) is 0 Å². The molecule has 2 aromatic carbocycles. The zero-order valence-corrected chi connectivity index (χ0v) is 12.9. The molecule has 0 radical (unpaired) electrons. The summed E-state index contributed by atoms with van der Waals surface area (Å²) in [5, 5.41) is 1.45. The second-order valence-corrected chi connectivity index (χ2v) is 4.97. The molecule has 0 fully saturated rings. The minimum absolute atomic E-state index is 0.148. The Morgan fingerprint density at radius 1 is 0.857 bits per heavy atom. The van der Waals surface area contributed by atoms with Crippen LogP contribution in [0.1, 0.15) is 11.1 Å². The maximum atomic E-state index is 11.7. The summed E-state index contributed by atoms with van der Waals surface area (Å²) >= 11 is 11.5. The van der Waals surface area contributed by atoms with Crippen LogP contribution in [0.5, 0.6) is 5.75 Å². The van der Waals surface area contributed by atoms with Crippen molar-refractivity contribution in [1.29, 1.82) is 0 Å². The topological polar surface area (TPSA) is 9.23 Å². The van der Waals surface area contributed by atoms with E-state index in [1.807, 2.05) is 25.1 Å². The second kappa shape index (κ2) is 7.57. The van der Waals surface area contributed by atoms with E-state index >= 15 is 0 Å². The lowest BCUT2D eigenvalue weighted by Gasteiger charge is -2.10. The predicted molar refractivity (Wildman–Crippen MR) is 79.1 cm³/mol. The van der Waals surface area contributed by atoms with Crippen molar-refractivity contribution in [2.45, 2.75) is 20.2 Å². The predicted octanol–water partition coefficient (Wildman–Crippen LogP) is 6.20. The molecule has 0 aromatic heterocycles. The number of halogens is 5. The highest BCUT2D eigenvalue weighted by Gasteiger charge is 2.31. The molecule has 0 saturated heterocycles. The van der Waals surface area contributed by atoms with E-state index in [1.165, 1.54) is 12.1 Å². The van der Waals surface area contributed by atoms with Crippen LogP contribution >= 0.6 is 23.2 Å². The number of benzene rings is 2. The van der Waals surface area contributed by atoms with Crippen molar-refractivity contribution in [3.63, 3.8) is 0 Å². The highest BCUT2D eigenvalue weighted by atomic mass is 35.5. The third kappa shape index (κ3) is 6.27. The fourth-order valence-electron chi connectivity index (χ4n) is 1.38. The molecule has 0 bridgehead atoms. The first kappa shape index (κ1) is 17.7. The number of hydrogen-bond donors (Lipinski definition) is 0. The van der Waals surface area contributed by atoms with E-state index in [-0.39, 0.29) is 5.75 Å². The first-order valence-electron chi connectivity index (χ1n) is 5.92. The van der Waals surface area contributed by atoms with Gasteiger partial charge in [-0.05, 0) is 43.2 Å². The van der Waals surface area contributed by atoms with E-state index < -0.39 is 6.36 Å². The van der Waals surface area contributed by atoms with Gasteiger partial charge in [-0.2, -0.15) is 0 Å². The molecule has 0 N–H and O–H groups in total. The molecular formula is C15H13Cl2F3O. The van der Waals surface area contributed by atoms with Crippen molar-refractivity contribution in [3.05, 3.63) is 63.6 Å². The van der Waals surface area contributed by atoms with Crippen LogP contribution in [0.3, 0.4) is 0 Å². The van der Waals surface area contributed by atoms with E-state index in [4.69, 9.17) is 23.2 Å². The Balaban J connectivity index is 0.000000219. The van der Waals surface area contributed by atoms with Crippen molar-refractivity contribution in [2.24, 2.45) is 0 Å². The molecule has 0 aliphatic carbocycles. The van der Waals surface area contributed by atoms with Crippen LogP contribution in [0, 0.1) is 13.8 Å². The lowest BCUT2D eigenvalue weighted by atomic mass is 10.2. The summed E-state index contributed by atoms with van der Waals surface area (Å²) in [7, 11) is 0. The van der Waals surface area contributed by atoms with E-state index in [2.05, 4.69) is 4.74 Å². The first-order valence-corrected chi connectivity index (χ1v) is 6.68. The van der Waals surface area contributed by atoms with Gasteiger partial charge in [-0.3, -0.25) is 0 Å². The van der Waals surface area contributed by atoms with Crippen LogP contribution in [-0.2, 0) is 0 Å². The van der Waals surface area contributed by atoms with E-state index in [9.17, 15) is 13.2 Å². The standard InChI is InChI=1S/C8H7F3O.C7H6Cl2/c1-6-4-2-3-5-7(6)12-8(9,10)11;1-5-6(8)3-2-4-7(5)9/h2-5H,1H3;2-4H,1H3. The average molecular weight is 337 g/mol. The average Bonchev–Trinajstić information content (AvgIpc) is 2.38. The molecular weight excluding hydrogens is 324 g/mol. The van der Waals surface area contributed by atoms with Gasteiger partial charge in [0.25, 0.3) is 0 Å². The third-order valence-electron chi connectivity index (χ3n) is 2.52. The van der Waals surface area contributed by atoms with Gasteiger partial charge in [0.05, 0.1) is 0 Å². The molecule has 21 heavy (non-hydrogen) atoms. The number of rotatable bonds is 1. The molecule has 0 saturated carbocycles. The molecule has 0 spiro atoms. The lowest BCUT2D eigenvalue weighted by Crippen LogP contribution is -2.17. The molecule has 1 nitrogen and oxygen atoms in total. The number of hydrogen-bond acceptors (Lipinski definition) is 1. The molecule has 0 heterocycles. The van der Waals surface area contributed by atoms with Crippen molar-refractivity contribution >= 4 is 23.2 Å². The van der Waals surface area contributed by atoms with Gasteiger partial charge in [0.15, 0.2) is 0 Å². The van der Waals surface area contributed by atoms with E-state index in [0.717, 1.165) is 15.6 Å². The van der Waals surface area contributed by atoms with Gasteiger partial charge < -0.3 is 4.74 Å². The van der Waals surface area contributed by atoms with Gasteiger partial charge in [0, 0.05) is 10.0 Å². The van der Waals surface area contributed by atoms with Crippen LogP contribution < -0.4 is 4.74 Å². The Kier molecular flexibility index (Phi) is 6.37. The molecule has 0 unspecified atom stereocenters. The zero-order chi connectivity index (χ0) is 16.0. The molecule has 0 aliphatic heterocycles. The SMILES string of the molecule is Cc1c(Cl)cccc1Cl.Cc1ccccc1OC(F)(F)F. The maximum absolute atomic E-state index is 11.7. The lowest BCUT2D eigenvalue weighted by molar-refractivity contribution is -0.274. The molecule has 0 aliphatic rings. The van der Waals surface area contributed by atoms with Crippen molar-refractivity contribution in [3.8, 4) is 5.75 Å². The van der Waals surface area contributed by atoms with E-state index in [0.29, 0.717) is 5.56 Å². The van der Waals surface area contributed by atoms with Crippen LogP contribution in [0.4, 0.5) is 13.2 Å². The van der Waals surface area contributed by atoms with Crippen LogP contribution in [0.15, 0.2) is 42.5 Å². The van der Waals surface area contributed by atoms with Gasteiger partial charge >= 0.3 is 6.36 Å². The van der Waals surface area contributed by atoms with Crippen molar-refractivity contribution < 1.29 is 17.9 Å². The maximum Gasteiger partial charge on any atom is 0.573 e. The van der Waals surface area contributed by atoms with Gasteiger partial charge in [0.1, 0.15) is 5.75 Å². The summed E-state index contributed by atoms with van der Waals surface area (Å²) in [6.45, 7) is 3.45. The summed E-state index contributed by atoms with van der Waals surface area (Å²) < 4.78 is 38.8. The molecule has 0 atom stereocenters. The first-order chi connectivity index (χ1) is 9.70. The van der Waals surface area contributed by atoms with Gasteiger partial charge in [-0.1, -0.05) is 47.5 Å². The van der Waals surface area contributed by atoms with Gasteiger partial charge in [0.2, 0.25) is 0 Å². The fourth-order valence-corrected chi connectivity index (χ4v) is 1.77. The van der Waals surface area contributed by atoms with Crippen LogP contribution in [-0.4, -0.2) is 6.36 Å². The summed E-state index contributed by atoms with van der Waals surface area (Å²) in [6, 6.07) is 11.5. The third-order valence-corrected chi connectivity index (χ3v) is 3.34. The number of aryl methyl sites for hydroxylation is 1.